The van der Waals surface area contributed by atoms with Gasteiger partial charge in [0.25, 0.3) is 5.91 Å². The van der Waals surface area contributed by atoms with Gasteiger partial charge in [-0.1, -0.05) is 46.9 Å². The minimum Gasteiger partial charge on any atom is -0.324 e. The fourth-order valence-electron chi connectivity index (χ4n) is 2.14. The van der Waals surface area contributed by atoms with Crippen molar-refractivity contribution in [1.29, 1.82) is 0 Å². The van der Waals surface area contributed by atoms with Crippen molar-refractivity contribution in [2.45, 2.75) is 19.5 Å². The van der Waals surface area contributed by atoms with E-state index in [9.17, 15) is 4.79 Å². The normalized spacial score (nSPS) is 13.4. The van der Waals surface area contributed by atoms with Crippen molar-refractivity contribution in [3.63, 3.8) is 0 Å². The van der Waals surface area contributed by atoms with Crippen molar-refractivity contribution >= 4 is 46.4 Å². The lowest BCUT2D eigenvalue weighted by Crippen LogP contribution is -3.12. The number of carbonyl (C=O) groups excluding carboxylic acids is 1. The van der Waals surface area contributed by atoms with Crippen LogP contribution in [0.2, 0.25) is 15.1 Å². The molecule has 0 aliphatic carbocycles. The zero-order valence-electron chi connectivity index (χ0n) is 12.9. The second kappa shape index (κ2) is 8.02. The Morgan fingerprint density at radius 2 is 1.70 bits per heavy atom. The van der Waals surface area contributed by atoms with Gasteiger partial charge in [-0.2, -0.15) is 0 Å². The standard InChI is InChI=1S/C17H17Cl3N2O/c1-11(22(2)10-12-3-5-13(18)6-4-12)17(23)21-16-9-14(19)7-8-15(16)20/h3-9,11H,10H2,1-2H3,(H,21,23)/p+1/t11-/m1/s1. The number of amides is 1. The van der Waals surface area contributed by atoms with Crippen LogP contribution in [0.4, 0.5) is 5.69 Å². The molecular weight excluding hydrogens is 355 g/mol. The smallest absolute Gasteiger partial charge is 0.282 e. The molecule has 0 radical (unpaired) electrons. The number of hydrogen-bond donors (Lipinski definition) is 2. The van der Waals surface area contributed by atoms with Gasteiger partial charge in [-0.15, -0.1) is 0 Å². The predicted molar refractivity (Wildman–Crippen MR) is 96.6 cm³/mol. The van der Waals surface area contributed by atoms with Gasteiger partial charge in [0.1, 0.15) is 6.54 Å². The molecule has 1 amide bonds. The summed E-state index contributed by atoms with van der Waals surface area (Å²) in [7, 11) is 1.97. The maximum Gasteiger partial charge on any atom is 0.282 e. The fourth-order valence-corrected chi connectivity index (χ4v) is 2.60. The summed E-state index contributed by atoms with van der Waals surface area (Å²) in [5, 5.41) is 4.52. The molecule has 3 nitrogen and oxygen atoms in total. The third-order valence-electron chi connectivity index (χ3n) is 3.71. The van der Waals surface area contributed by atoms with Gasteiger partial charge in [0.15, 0.2) is 6.04 Å². The van der Waals surface area contributed by atoms with Crippen molar-refractivity contribution in [3.8, 4) is 0 Å². The van der Waals surface area contributed by atoms with E-state index in [1.165, 1.54) is 0 Å². The molecule has 1 unspecified atom stereocenters. The van der Waals surface area contributed by atoms with Crippen LogP contribution in [-0.2, 0) is 11.3 Å². The van der Waals surface area contributed by atoms with Crippen molar-refractivity contribution in [2.24, 2.45) is 0 Å². The van der Waals surface area contributed by atoms with Crippen LogP contribution >= 0.6 is 34.8 Å². The molecule has 2 aromatic rings. The average Bonchev–Trinajstić information content (AvgIpc) is 2.52. The summed E-state index contributed by atoms with van der Waals surface area (Å²) in [6.45, 7) is 2.59. The lowest BCUT2D eigenvalue weighted by Gasteiger charge is -2.21. The molecule has 0 aliphatic rings. The first-order chi connectivity index (χ1) is 10.9. The summed E-state index contributed by atoms with van der Waals surface area (Å²) in [6.07, 6.45) is 0. The second-order valence-corrected chi connectivity index (χ2v) is 6.76. The Morgan fingerprint density at radius 1 is 1.09 bits per heavy atom. The van der Waals surface area contributed by atoms with E-state index in [0.717, 1.165) is 17.0 Å². The molecule has 0 saturated carbocycles. The molecule has 0 aliphatic heterocycles. The van der Waals surface area contributed by atoms with E-state index in [0.29, 0.717) is 20.8 Å². The molecule has 2 N–H and O–H groups in total. The number of hydrogen-bond acceptors (Lipinski definition) is 1. The minimum absolute atomic E-state index is 0.111. The Labute approximate surface area is 151 Å². The second-order valence-electron chi connectivity index (χ2n) is 5.48. The summed E-state index contributed by atoms with van der Waals surface area (Å²) < 4.78 is 0. The summed E-state index contributed by atoms with van der Waals surface area (Å²) in [5.74, 6) is -0.111. The Hall–Kier alpha value is -1.26. The van der Waals surface area contributed by atoms with Crippen molar-refractivity contribution in [1.82, 2.24) is 0 Å². The first-order valence-corrected chi connectivity index (χ1v) is 8.33. The Morgan fingerprint density at radius 3 is 2.35 bits per heavy atom. The van der Waals surface area contributed by atoms with Crippen molar-refractivity contribution in [3.05, 3.63) is 63.1 Å². The average molecular weight is 373 g/mol. The molecular formula is C17H18Cl3N2O+. The molecule has 0 saturated heterocycles. The minimum atomic E-state index is -0.249. The Balaban J connectivity index is 2.00. The Bertz CT molecular complexity index is 689. The van der Waals surface area contributed by atoms with Gasteiger partial charge in [0.05, 0.1) is 17.8 Å². The third kappa shape index (κ3) is 5.11. The van der Waals surface area contributed by atoms with Gasteiger partial charge < -0.3 is 10.2 Å². The van der Waals surface area contributed by atoms with Crippen molar-refractivity contribution in [2.75, 3.05) is 12.4 Å². The number of benzene rings is 2. The molecule has 6 heteroatoms. The van der Waals surface area contributed by atoms with E-state index in [1.54, 1.807) is 18.2 Å². The third-order valence-corrected chi connectivity index (χ3v) is 4.53. The van der Waals surface area contributed by atoms with E-state index in [-0.39, 0.29) is 11.9 Å². The van der Waals surface area contributed by atoms with Gasteiger partial charge in [-0.05, 0) is 37.3 Å². The van der Waals surface area contributed by atoms with E-state index in [2.05, 4.69) is 5.32 Å². The number of carbonyl (C=O) groups is 1. The van der Waals surface area contributed by atoms with Gasteiger partial charge in [0.2, 0.25) is 0 Å². The highest BCUT2D eigenvalue weighted by Crippen LogP contribution is 2.25. The molecule has 2 rings (SSSR count). The molecule has 0 spiro atoms. The molecule has 0 fully saturated rings. The molecule has 0 bridgehead atoms. The molecule has 23 heavy (non-hydrogen) atoms. The first-order valence-electron chi connectivity index (χ1n) is 7.19. The topological polar surface area (TPSA) is 33.5 Å². The van der Waals surface area contributed by atoms with Crippen LogP contribution in [0.1, 0.15) is 12.5 Å². The largest absolute Gasteiger partial charge is 0.324 e. The van der Waals surface area contributed by atoms with E-state index < -0.39 is 0 Å². The lowest BCUT2D eigenvalue weighted by molar-refractivity contribution is -0.907. The molecule has 0 aromatic heterocycles. The van der Waals surface area contributed by atoms with Crippen LogP contribution in [-0.4, -0.2) is 19.0 Å². The summed E-state index contributed by atoms with van der Waals surface area (Å²) in [5.41, 5.74) is 1.64. The van der Waals surface area contributed by atoms with Crippen LogP contribution in [0.15, 0.2) is 42.5 Å². The number of nitrogens with one attached hydrogen (secondary N) is 2. The summed E-state index contributed by atoms with van der Waals surface area (Å²) >= 11 is 17.9. The highest BCUT2D eigenvalue weighted by molar-refractivity contribution is 6.35. The van der Waals surface area contributed by atoms with Gasteiger partial charge in [-0.3, -0.25) is 4.79 Å². The van der Waals surface area contributed by atoms with Gasteiger partial charge >= 0.3 is 0 Å². The van der Waals surface area contributed by atoms with Gasteiger partial charge in [0, 0.05) is 15.6 Å². The summed E-state index contributed by atoms with van der Waals surface area (Å²) in [6, 6.07) is 12.4. The number of likely N-dealkylation sites (N-methyl/N-ethyl adjacent to an activating group) is 1. The number of halogens is 3. The quantitative estimate of drug-likeness (QED) is 0.824. The zero-order valence-corrected chi connectivity index (χ0v) is 15.1. The van der Waals surface area contributed by atoms with E-state index >= 15 is 0 Å². The number of quaternary nitrogens is 1. The fraction of sp³-hybridized carbons (Fsp3) is 0.235. The van der Waals surface area contributed by atoms with E-state index in [1.807, 2.05) is 38.2 Å². The first kappa shape index (κ1) is 18.1. The monoisotopic (exact) mass is 371 g/mol. The zero-order chi connectivity index (χ0) is 17.0. The van der Waals surface area contributed by atoms with Gasteiger partial charge in [-0.25, -0.2) is 0 Å². The highest BCUT2D eigenvalue weighted by atomic mass is 35.5. The van der Waals surface area contributed by atoms with Crippen molar-refractivity contribution < 1.29 is 9.69 Å². The SMILES string of the molecule is C[C@H](C(=O)Nc1cc(Cl)ccc1Cl)[NH+](C)Cc1ccc(Cl)cc1. The number of anilines is 1. The molecule has 2 atom stereocenters. The maximum absolute atomic E-state index is 12.4. The van der Waals surface area contributed by atoms with Crippen LogP contribution in [0.5, 0.6) is 0 Å². The maximum atomic E-state index is 12.4. The lowest BCUT2D eigenvalue weighted by atomic mass is 10.2. The van der Waals surface area contributed by atoms with Crippen LogP contribution < -0.4 is 10.2 Å². The van der Waals surface area contributed by atoms with Crippen LogP contribution in [0, 0.1) is 0 Å². The molecule has 122 valence electrons. The summed E-state index contributed by atoms with van der Waals surface area (Å²) in [4.78, 5) is 13.5. The highest BCUT2D eigenvalue weighted by Gasteiger charge is 2.22. The molecule has 0 heterocycles. The molecule has 2 aromatic carbocycles. The predicted octanol–water partition coefficient (Wildman–Crippen LogP) is 3.69. The Kier molecular flexibility index (Phi) is 6.31. The van der Waals surface area contributed by atoms with Crippen LogP contribution in [0.3, 0.4) is 0 Å². The van der Waals surface area contributed by atoms with Crippen LogP contribution in [0.25, 0.3) is 0 Å². The number of rotatable bonds is 5. The van der Waals surface area contributed by atoms with E-state index in [4.69, 9.17) is 34.8 Å².